The highest BCUT2D eigenvalue weighted by molar-refractivity contribution is 5.99. The first-order valence-electron chi connectivity index (χ1n) is 5.70. The molecule has 4 heteroatoms. The molecule has 18 heavy (non-hydrogen) atoms. The van der Waals surface area contributed by atoms with Gasteiger partial charge in [-0.3, -0.25) is 0 Å². The van der Waals surface area contributed by atoms with Gasteiger partial charge in [0.1, 0.15) is 5.52 Å². The zero-order valence-corrected chi connectivity index (χ0v) is 9.42. The number of rotatable bonds is 1. The van der Waals surface area contributed by atoms with Crippen molar-refractivity contribution in [2.45, 2.75) is 0 Å². The number of imidazole rings is 1. The van der Waals surface area contributed by atoms with Gasteiger partial charge in [0.2, 0.25) is 0 Å². The molecule has 4 rings (SSSR count). The summed E-state index contributed by atoms with van der Waals surface area (Å²) in [5.74, 6) is 0.767. The van der Waals surface area contributed by atoms with E-state index in [1.54, 1.807) is 6.33 Å². The minimum absolute atomic E-state index is 0.767. The van der Waals surface area contributed by atoms with Crippen LogP contribution in [0.2, 0.25) is 0 Å². The number of hydrogen-bond acceptors (Lipinski definition) is 3. The third kappa shape index (κ3) is 1.20. The fourth-order valence-corrected chi connectivity index (χ4v) is 2.23. The summed E-state index contributed by atoms with van der Waals surface area (Å²) in [6.07, 6.45) is 1.69. The SMILES string of the molecule is c1ccc2c(-c3cccc4[nH]cnc34)onc2c1. The van der Waals surface area contributed by atoms with Gasteiger partial charge in [-0.25, -0.2) is 4.98 Å². The van der Waals surface area contributed by atoms with Crippen molar-refractivity contribution in [3.8, 4) is 11.3 Å². The van der Waals surface area contributed by atoms with Crippen LogP contribution in [0, 0.1) is 0 Å². The van der Waals surface area contributed by atoms with Gasteiger partial charge < -0.3 is 9.51 Å². The maximum Gasteiger partial charge on any atom is 0.176 e. The van der Waals surface area contributed by atoms with Crippen molar-refractivity contribution in [3.63, 3.8) is 0 Å². The molecule has 2 heterocycles. The normalized spacial score (nSPS) is 11.3. The lowest BCUT2D eigenvalue weighted by Gasteiger charge is -1.97. The van der Waals surface area contributed by atoms with Gasteiger partial charge in [0.05, 0.1) is 17.4 Å². The van der Waals surface area contributed by atoms with Crippen molar-refractivity contribution >= 4 is 21.9 Å². The molecule has 1 N–H and O–H groups in total. The molecule has 0 amide bonds. The van der Waals surface area contributed by atoms with E-state index in [1.165, 1.54) is 0 Å². The van der Waals surface area contributed by atoms with Crippen molar-refractivity contribution < 1.29 is 4.52 Å². The Bertz CT molecular complexity index is 844. The van der Waals surface area contributed by atoms with Crippen LogP contribution in [0.4, 0.5) is 0 Å². The number of nitrogens with one attached hydrogen (secondary N) is 1. The largest absolute Gasteiger partial charge is 0.355 e. The van der Waals surface area contributed by atoms with Crippen LogP contribution in [0.3, 0.4) is 0 Å². The molecule has 0 unspecified atom stereocenters. The number of aromatic amines is 1. The van der Waals surface area contributed by atoms with E-state index in [9.17, 15) is 0 Å². The van der Waals surface area contributed by atoms with Crippen LogP contribution < -0.4 is 0 Å². The van der Waals surface area contributed by atoms with Crippen LogP contribution >= 0.6 is 0 Å². The number of H-pyrrole nitrogens is 1. The highest BCUT2D eigenvalue weighted by Crippen LogP contribution is 2.32. The first-order chi connectivity index (χ1) is 8.93. The van der Waals surface area contributed by atoms with Crippen molar-refractivity contribution in [1.82, 2.24) is 15.1 Å². The average molecular weight is 235 g/mol. The summed E-state index contributed by atoms with van der Waals surface area (Å²) in [7, 11) is 0. The van der Waals surface area contributed by atoms with Crippen LogP contribution in [0.25, 0.3) is 33.3 Å². The standard InChI is InChI=1S/C14H9N3O/c1-2-6-11-9(4-1)14(18-17-11)10-5-3-7-12-13(10)16-8-15-12/h1-8H,(H,15,16). The Balaban J connectivity index is 2.10. The molecule has 0 aliphatic heterocycles. The highest BCUT2D eigenvalue weighted by atomic mass is 16.5. The third-order valence-corrected chi connectivity index (χ3v) is 3.08. The molecule has 2 aromatic heterocycles. The molecule has 86 valence electrons. The Morgan fingerprint density at radius 1 is 1.00 bits per heavy atom. The van der Waals surface area contributed by atoms with Gasteiger partial charge >= 0.3 is 0 Å². The van der Waals surface area contributed by atoms with Gasteiger partial charge in [-0.1, -0.05) is 23.4 Å². The van der Waals surface area contributed by atoms with Gasteiger partial charge in [0.15, 0.2) is 5.76 Å². The molecular formula is C14H9N3O. The van der Waals surface area contributed by atoms with Crippen LogP contribution in [0.5, 0.6) is 0 Å². The Morgan fingerprint density at radius 2 is 1.94 bits per heavy atom. The fourth-order valence-electron chi connectivity index (χ4n) is 2.23. The number of aromatic nitrogens is 3. The summed E-state index contributed by atoms with van der Waals surface area (Å²) in [4.78, 5) is 7.43. The van der Waals surface area contributed by atoms with Crippen molar-refractivity contribution in [2.75, 3.05) is 0 Å². The zero-order valence-electron chi connectivity index (χ0n) is 9.42. The van der Waals surface area contributed by atoms with E-state index in [1.807, 2.05) is 42.5 Å². The monoisotopic (exact) mass is 235 g/mol. The predicted molar refractivity (Wildman–Crippen MR) is 69.1 cm³/mol. The summed E-state index contributed by atoms with van der Waals surface area (Å²) >= 11 is 0. The minimum Gasteiger partial charge on any atom is -0.355 e. The Hall–Kier alpha value is -2.62. The fraction of sp³-hybridized carbons (Fsp3) is 0. The van der Waals surface area contributed by atoms with Gasteiger partial charge in [-0.2, -0.15) is 0 Å². The molecule has 0 bridgehead atoms. The van der Waals surface area contributed by atoms with Crippen LogP contribution in [0.1, 0.15) is 0 Å². The van der Waals surface area contributed by atoms with Gasteiger partial charge in [0.25, 0.3) is 0 Å². The number of hydrogen-bond donors (Lipinski definition) is 1. The molecule has 0 aliphatic carbocycles. The van der Waals surface area contributed by atoms with E-state index >= 15 is 0 Å². The predicted octanol–water partition coefficient (Wildman–Crippen LogP) is 3.37. The lowest BCUT2D eigenvalue weighted by atomic mass is 10.1. The summed E-state index contributed by atoms with van der Waals surface area (Å²) in [5.41, 5.74) is 3.72. The topological polar surface area (TPSA) is 54.7 Å². The Labute approximate surface area is 102 Å². The zero-order chi connectivity index (χ0) is 11.9. The van der Waals surface area contributed by atoms with E-state index < -0.39 is 0 Å². The van der Waals surface area contributed by atoms with E-state index in [4.69, 9.17) is 4.52 Å². The summed E-state index contributed by atoms with van der Waals surface area (Å²) < 4.78 is 5.47. The van der Waals surface area contributed by atoms with E-state index in [2.05, 4.69) is 15.1 Å². The molecule has 2 aromatic carbocycles. The Morgan fingerprint density at radius 3 is 2.94 bits per heavy atom. The first kappa shape index (κ1) is 9.41. The second-order valence-corrected chi connectivity index (χ2v) is 4.13. The Kier molecular flexibility index (Phi) is 1.80. The maximum atomic E-state index is 5.47. The van der Waals surface area contributed by atoms with Crippen molar-refractivity contribution in [1.29, 1.82) is 0 Å². The molecule has 0 aliphatic rings. The molecule has 0 atom stereocenters. The van der Waals surface area contributed by atoms with Crippen molar-refractivity contribution in [3.05, 3.63) is 48.8 Å². The number of fused-ring (bicyclic) bond motifs is 2. The van der Waals surface area contributed by atoms with Crippen LogP contribution in [-0.2, 0) is 0 Å². The van der Waals surface area contributed by atoms with E-state index in [0.29, 0.717) is 0 Å². The van der Waals surface area contributed by atoms with Gasteiger partial charge in [0, 0.05) is 10.9 Å². The quantitative estimate of drug-likeness (QED) is 0.550. The average Bonchev–Trinajstić information content (AvgIpc) is 3.05. The lowest BCUT2D eigenvalue weighted by Crippen LogP contribution is -1.78. The third-order valence-electron chi connectivity index (χ3n) is 3.08. The molecule has 0 saturated heterocycles. The first-order valence-corrected chi connectivity index (χ1v) is 5.70. The van der Waals surface area contributed by atoms with Crippen LogP contribution in [0.15, 0.2) is 53.3 Å². The minimum atomic E-state index is 0.767. The van der Waals surface area contributed by atoms with Gasteiger partial charge in [-0.15, -0.1) is 0 Å². The molecule has 0 fully saturated rings. The van der Waals surface area contributed by atoms with Crippen LogP contribution in [-0.4, -0.2) is 15.1 Å². The number of benzene rings is 2. The maximum absolute atomic E-state index is 5.47. The number of para-hydroxylation sites is 1. The summed E-state index contributed by atoms with van der Waals surface area (Å²) in [6.45, 7) is 0. The lowest BCUT2D eigenvalue weighted by molar-refractivity contribution is 0.441. The molecule has 0 saturated carbocycles. The highest BCUT2D eigenvalue weighted by Gasteiger charge is 2.13. The molecule has 0 spiro atoms. The molecule has 4 aromatic rings. The molecule has 4 nitrogen and oxygen atoms in total. The summed E-state index contributed by atoms with van der Waals surface area (Å²) in [6, 6.07) is 13.8. The van der Waals surface area contributed by atoms with E-state index in [0.717, 1.165) is 33.3 Å². The summed E-state index contributed by atoms with van der Waals surface area (Å²) in [5, 5.41) is 5.08. The second-order valence-electron chi connectivity index (χ2n) is 4.13. The molecular weight excluding hydrogens is 226 g/mol. The molecule has 0 radical (unpaired) electrons. The second kappa shape index (κ2) is 3.43. The number of nitrogens with zero attached hydrogens (tertiary/aromatic N) is 2. The van der Waals surface area contributed by atoms with Crippen molar-refractivity contribution in [2.24, 2.45) is 0 Å². The smallest absolute Gasteiger partial charge is 0.176 e. The van der Waals surface area contributed by atoms with Gasteiger partial charge in [-0.05, 0) is 24.3 Å². The van der Waals surface area contributed by atoms with E-state index in [-0.39, 0.29) is 0 Å².